The van der Waals surface area contributed by atoms with E-state index in [4.69, 9.17) is 9.47 Å². The molecule has 3 heterocycles. The summed E-state index contributed by atoms with van der Waals surface area (Å²) in [7, 11) is 0. The van der Waals surface area contributed by atoms with Gasteiger partial charge in [0.1, 0.15) is 6.10 Å². The Bertz CT molecular complexity index is 455. The molecule has 19 heavy (non-hydrogen) atoms. The van der Waals surface area contributed by atoms with Crippen molar-refractivity contribution in [2.24, 2.45) is 5.92 Å². The van der Waals surface area contributed by atoms with Crippen LogP contribution in [0, 0.1) is 5.92 Å². The minimum absolute atomic E-state index is 0.0126. The van der Waals surface area contributed by atoms with Crippen molar-refractivity contribution in [1.82, 2.24) is 0 Å². The number of esters is 1. The fourth-order valence-electron chi connectivity index (χ4n) is 3.45. The maximum Gasteiger partial charge on any atom is 0.334 e. The lowest BCUT2D eigenvalue weighted by atomic mass is 9.82. The Labute approximate surface area is 113 Å². The maximum absolute atomic E-state index is 11.7. The first-order valence-corrected chi connectivity index (χ1v) is 6.84. The molecule has 104 valence electrons. The summed E-state index contributed by atoms with van der Waals surface area (Å²) in [6.07, 6.45) is 1.71. The molecule has 0 spiro atoms. The van der Waals surface area contributed by atoms with Gasteiger partial charge in [-0.05, 0) is 31.8 Å². The van der Waals surface area contributed by atoms with Crippen LogP contribution in [0.1, 0.15) is 32.6 Å². The predicted molar refractivity (Wildman–Crippen MR) is 69.4 cm³/mol. The van der Waals surface area contributed by atoms with Crippen LogP contribution >= 0.6 is 0 Å². The van der Waals surface area contributed by atoms with Gasteiger partial charge in [0.25, 0.3) is 0 Å². The Balaban J connectivity index is 1.97. The first-order valence-electron chi connectivity index (χ1n) is 6.84. The quantitative estimate of drug-likeness (QED) is 0.411. The molecule has 3 fully saturated rings. The summed E-state index contributed by atoms with van der Waals surface area (Å²) in [5.74, 6) is -0.321. The molecule has 0 aromatic carbocycles. The highest BCUT2D eigenvalue weighted by atomic mass is 16.6. The summed E-state index contributed by atoms with van der Waals surface area (Å²) < 4.78 is 11.5. The number of hydrogen-bond donors (Lipinski definition) is 1. The number of fused-ring (bicyclic) bond motifs is 3. The lowest BCUT2D eigenvalue weighted by Gasteiger charge is -2.34. The van der Waals surface area contributed by atoms with Crippen molar-refractivity contribution < 1.29 is 19.4 Å². The standard InChI is InChI=1S/C15H20O4/c1-8-4-5-13(16)15(3)7-12-10(6-11(8)19-15)9(2)14(17)18-12/h10-13,16H,1-2,4-7H2,3H3/t10-,11+,12-,13+,15-/m1/s1. The van der Waals surface area contributed by atoms with E-state index in [-0.39, 0.29) is 24.1 Å². The minimum atomic E-state index is -0.672. The van der Waals surface area contributed by atoms with Gasteiger partial charge in [0, 0.05) is 17.9 Å². The molecule has 0 saturated carbocycles. The largest absolute Gasteiger partial charge is 0.458 e. The van der Waals surface area contributed by atoms with Crippen molar-refractivity contribution in [3.63, 3.8) is 0 Å². The molecule has 4 nitrogen and oxygen atoms in total. The summed E-state index contributed by atoms with van der Waals surface area (Å²) in [6.45, 7) is 9.82. The van der Waals surface area contributed by atoms with Crippen molar-refractivity contribution in [3.05, 3.63) is 24.3 Å². The third kappa shape index (κ3) is 1.94. The molecule has 0 aromatic rings. The molecular weight excluding hydrogens is 244 g/mol. The van der Waals surface area contributed by atoms with E-state index in [0.717, 1.165) is 12.0 Å². The van der Waals surface area contributed by atoms with Gasteiger partial charge < -0.3 is 14.6 Å². The van der Waals surface area contributed by atoms with Crippen molar-refractivity contribution in [1.29, 1.82) is 0 Å². The van der Waals surface area contributed by atoms with Crippen molar-refractivity contribution in [3.8, 4) is 0 Å². The minimum Gasteiger partial charge on any atom is -0.458 e. The number of carbonyl (C=O) groups excluding carboxylic acids is 1. The van der Waals surface area contributed by atoms with Gasteiger partial charge in [-0.25, -0.2) is 4.79 Å². The summed E-state index contributed by atoms with van der Waals surface area (Å²) in [4.78, 5) is 11.7. The van der Waals surface area contributed by atoms with Crippen LogP contribution in [0.2, 0.25) is 0 Å². The van der Waals surface area contributed by atoms with E-state index >= 15 is 0 Å². The van der Waals surface area contributed by atoms with Crippen molar-refractivity contribution >= 4 is 5.97 Å². The zero-order chi connectivity index (χ0) is 13.8. The van der Waals surface area contributed by atoms with Gasteiger partial charge in [-0.1, -0.05) is 13.2 Å². The monoisotopic (exact) mass is 264 g/mol. The molecule has 0 aliphatic carbocycles. The van der Waals surface area contributed by atoms with E-state index in [1.807, 2.05) is 6.92 Å². The van der Waals surface area contributed by atoms with Crippen LogP contribution in [0.25, 0.3) is 0 Å². The number of rotatable bonds is 0. The number of aliphatic hydroxyl groups excluding tert-OH is 1. The first-order chi connectivity index (χ1) is 8.90. The highest BCUT2D eigenvalue weighted by Gasteiger charge is 2.51. The molecule has 0 radical (unpaired) electrons. The molecule has 3 aliphatic heterocycles. The van der Waals surface area contributed by atoms with E-state index in [0.29, 0.717) is 24.8 Å². The molecular formula is C15H20O4. The van der Waals surface area contributed by atoms with Crippen molar-refractivity contribution in [2.75, 3.05) is 0 Å². The summed E-state index contributed by atoms with van der Waals surface area (Å²) in [6, 6.07) is 0. The molecule has 0 unspecified atom stereocenters. The molecule has 3 aliphatic rings. The fourth-order valence-corrected chi connectivity index (χ4v) is 3.45. The van der Waals surface area contributed by atoms with E-state index in [2.05, 4.69) is 13.2 Å². The van der Waals surface area contributed by atoms with Gasteiger partial charge in [-0.15, -0.1) is 0 Å². The van der Waals surface area contributed by atoms with Crippen molar-refractivity contribution in [2.45, 2.75) is 56.5 Å². The number of hydrogen-bond acceptors (Lipinski definition) is 4. The van der Waals surface area contributed by atoms with Crippen LogP contribution in [0.4, 0.5) is 0 Å². The second-order valence-electron chi connectivity index (χ2n) is 6.15. The molecule has 5 atom stereocenters. The van der Waals surface area contributed by atoms with Gasteiger partial charge >= 0.3 is 5.97 Å². The SMILES string of the molecule is C=C1CC[C@H](O)[C@@]2(C)C[C@H]3OC(=O)C(=C)[C@H]3C[C@@H]1O2. The number of carbonyl (C=O) groups is 1. The Morgan fingerprint density at radius 2 is 2.16 bits per heavy atom. The van der Waals surface area contributed by atoms with Crippen LogP contribution in [0.3, 0.4) is 0 Å². The average molecular weight is 264 g/mol. The smallest absolute Gasteiger partial charge is 0.334 e. The zero-order valence-electron chi connectivity index (χ0n) is 11.2. The molecule has 0 aromatic heterocycles. The Hall–Kier alpha value is -1.13. The third-order valence-electron chi connectivity index (χ3n) is 4.80. The van der Waals surface area contributed by atoms with Crippen LogP contribution in [0.15, 0.2) is 24.3 Å². The van der Waals surface area contributed by atoms with E-state index in [1.165, 1.54) is 0 Å². The second kappa shape index (κ2) is 4.18. The summed E-state index contributed by atoms with van der Waals surface area (Å²) in [5.41, 5.74) is 0.857. The molecule has 4 heteroatoms. The zero-order valence-corrected chi connectivity index (χ0v) is 11.2. The molecule has 1 N–H and O–H groups in total. The second-order valence-corrected chi connectivity index (χ2v) is 6.15. The highest BCUT2D eigenvalue weighted by molar-refractivity contribution is 5.90. The highest BCUT2D eigenvalue weighted by Crippen LogP contribution is 2.45. The predicted octanol–water partition coefficient (Wildman–Crippen LogP) is 1.73. The van der Waals surface area contributed by atoms with E-state index in [1.54, 1.807) is 0 Å². The Kier molecular flexibility index (Phi) is 2.84. The molecule has 2 bridgehead atoms. The van der Waals surface area contributed by atoms with Crippen LogP contribution in [-0.2, 0) is 14.3 Å². The third-order valence-corrected chi connectivity index (χ3v) is 4.80. The van der Waals surface area contributed by atoms with E-state index < -0.39 is 11.7 Å². The van der Waals surface area contributed by atoms with Crippen LogP contribution in [0.5, 0.6) is 0 Å². The normalized spacial score (nSPS) is 46.3. The molecule has 3 rings (SSSR count). The lowest BCUT2D eigenvalue weighted by molar-refractivity contribution is -0.150. The Morgan fingerprint density at radius 1 is 1.42 bits per heavy atom. The van der Waals surface area contributed by atoms with Crippen LogP contribution < -0.4 is 0 Å². The van der Waals surface area contributed by atoms with Gasteiger partial charge in [0.05, 0.1) is 17.8 Å². The summed E-state index contributed by atoms with van der Waals surface area (Å²) in [5, 5.41) is 10.3. The van der Waals surface area contributed by atoms with Gasteiger partial charge in [0.2, 0.25) is 0 Å². The fraction of sp³-hybridized carbons (Fsp3) is 0.667. The molecule has 0 amide bonds. The average Bonchev–Trinajstić information content (AvgIpc) is 2.51. The topological polar surface area (TPSA) is 55.8 Å². The first kappa shape index (κ1) is 12.9. The summed E-state index contributed by atoms with van der Waals surface area (Å²) >= 11 is 0. The van der Waals surface area contributed by atoms with Gasteiger partial charge in [0.15, 0.2) is 0 Å². The number of aliphatic hydroxyl groups is 1. The Morgan fingerprint density at radius 3 is 2.89 bits per heavy atom. The lowest BCUT2D eigenvalue weighted by Crippen LogP contribution is -2.44. The van der Waals surface area contributed by atoms with Gasteiger partial charge in [-0.2, -0.15) is 0 Å². The number of ether oxygens (including phenoxy) is 2. The van der Waals surface area contributed by atoms with Crippen LogP contribution in [-0.4, -0.2) is 35.0 Å². The van der Waals surface area contributed by atoms with Gasteiger partial charge in [-0.3, -0.25) is 0 Å². The van der Waals surface area contributed by atoms with E-state index in [9.17, 15) is 9.90 Å². The molecule has 3 saturated heterocycles. The maximum atomic E-state index is 11.7.